The summed E-state index contributed by atoms with van der Waals surface area (Å²) in [4.78, 5) is 27.5. The maximum absolute atomic E-state index is 12.8. The van der Waals surface area contributed by atoms with Crippen molar-refractivity contribution in [2.75, 3.05) is 11.5 Å². The number of anilines is 1. The van der Waals surface area contributed by atoms with Crippen LogP contribution in [-0.4, -0.2) is 33.3 Å². The molecule has 0 radical (unpaired) electrons. The molecular formula is C24H21N5O3S. The molecule has 0 saturated carbocycles. The Morgan fingerprint density at radius 2 is 1.91 bits per heavy atom. The SMILES string of the molecule is CCOC(=O)c1nn(-c2ccccc2)cc1[C@@H]1NC(=O)[C@@H](C#N)C(=S)N1c1ccccc1C. The van der Waals surface area contributed by atoms with Gasteiger partial charge >= 0.3 is 5.97 Å². The van der Waals surface area contributed by atoms with Gasteiger partial charge < -0.3 is 15.0 Å². The molecule has 166 valence electrons. The van der Waals surface area contributed by atoms with Gasteiger partial charge in [0.05, 0.1) is 18.4 Å². The highest BCUT2D eigenvalue weighted by atomic mass is 32.1. The molecule has 0 unspecified atom stereocenters. The summed E-state index contributed by atoms with van der Waals surface area (Å²) in [5.74, 6) is -2.28. The normalized spacial score (nSPS) is 17.9. The molecule has 1 saturated heterocycles. The number of hydrogen-bond acceptors (Lipinski definition) is 6. The van der Waals surface area contributed by atoms with Crippen molar-refractivity contribution < 1.29 is 14.3 Å². The molecule has 3 aromatic rings. The Hall–Kier alpha value is -4.03. The third-order valence-corrected chi connectivity index (χ3v) is 5.75. The number of hydrogen-bond donors (Lipinski definition) is 1. The van der Waals surface area contributed by atoms with Gasteiger partial charge in [0.1, 0.15) is 11.2 Å². The van der Waals surface area contributed by atoms with Crippen LogP contribution in [0, 0.1) is 24.2 Å². The van der Waals surface area contributed by atoms with Crippen molar-refractivity contribution in [3.05, 3.63) is 77.6 Å². The monoisotopic (exact) mass is 459 g/mol. The Kier molecular flexibility index (Phi) is 6.20. The molecule has 2 atom stereocenters. The fraction of sp³-hybridized carbons (Fsp3) is 0.208. The first-order valence-corrected chi connectivity index (χ1v) is 10.8. The third kappa shape index (κ3) is 4.08. The van der Waals surface area contributed by atoms with Crippen LogP contribution in [0.4, 0.5) is 5.69 Å². The van der Waals surface area contributed by atoms with E-state index in [0.717, 1.165) is 16.9 Å². The Balaban J connectivity index is 1.90. The minimum absolute atomic E-state index is 0.0581. The molecule has 4 rings (SSSR count). The van der Waals surface area contributed by atoms with E-state index in [-0.39, 0.29) is 17.3 Å². The Morgan fingerprint density at radius 3 is 2.58 bits per heavy atom. The molecule has 1 N–H and O–H groups in total. The van der Waals surface area contributed by atoms with Crippen molar-refractivity contribution in [1.29, 1.82) is 5.26 Å². The smallest absolute Gasteiger partial charge is 0.359 e. The highest BCUT2D eigenvalue weighted by Crippen LogP contribution is 2.35. The van der Waals surface area contributed by atoms with E-state index >= 15 is 0 Å². The zero-order chi connectivity index (χ0) is 23.5. The van der Waals surface area contributed by atoms with E-state index in [0.29, 0.717) is 5.56 Å². The molecule has 1 amide bonds. The third-order valence-electron chi connectivity index (χ3n) is 5.31. The standard InChI is InChI=1S/C24H21N5O3S/c1-3-32-24(31)20-18(14-28(27-20)16-10-5-4-6-11-16)21-26-22(30)17(13-25)23(33)29(21)19-12-8-7-9-15(19)2/h4-12,14,17,21H,3H2,1-2H3,(H,26,30)/t17-,21-/m1/s1. The number of thiocarbonyl (C=S) groups is 1. The first-order chi connectivity index (χ1) is 16.0. The summed E-state index contributed by atoms with van der Waals surface area (Å²) in [7, 11) is 0. The average molecular weight is 460 g/mol. The van der Waals surface area contributed by atoms with E-state index in [4.69, 9.17) is 17.0 Å². The summed E-state index contributed by atoms with van der Waals surface area (Å²) in [6.45, 7) is 3.79. The molecular weight excluding hydrogens is 438 g/mol. The zero-order valence-corrected chi connectivity index (χ0v) is 18.9. The van der Waals surface area contributed by atoms with Crippen molar-refractivity contribution in [2.45, 2.75) is 20.0 Å². The quantitative estimate of drug-likeness (QED) is 0.461. The van der Waals surface area contributed by atoms with E-state index in [9.17, 15) is 14.9 Å². The van der Waals surface area contributed by atoms with Gasteiger partial charge in [-0.1, -0.05) is 48.6 Å². The summed E-state index contributed by atoms with van der Waals surface area (Å²) >= 11 is 5.60. The van der Waals surface area contributed by atoms with Crippen LogP contribution in [-0.2, 0) is 9.53 Å². The van der Waals surface area contributed by atoms with Crippen LogP contribution in [0.15, 0.2) is 60.8 Å². The number of benzene rings is 2. The van der Waals surface area contributed by atoms with Crippen LogP contribution >= 0.6 is 12.2 Å². The number of esters is 1. The molecule has 0 spiro atoms. The van der Waals surface area contributed by atoms with Crippen LogP contribution in [0.5, 0.6) is 0 Å². The first-order valence-electron chi connectivity index (χ1n) is 10.4. The molecule has 0 bridgehead atoms. The number of rotatable bonds is 5. The number of carbonyl (C=O) groups is 2. The molecule has 1 aromatic heterocycles. The Labute approximate surface area is 196 Å². The van der Waals surface area contributed by atoms with Gasteiger partial charge in [0.15, 0.2) is 11.6 Å². The maximum Gasteiger partial charge on any atom is 0.359 e. The number of para-hydroxylation sites is 2. The molecule has 1 aliphatic rings. The Morgan fingerprint density at radius 1 is 1.21 bits per heavy atom. The van der Waals surface area contributed by atoms with Crippen molar-refractivity contribution in [3.8, 4) is 11.8 Å². The topological polar surface area (TPSA) is 100 Å². The predicted molar refractivity (Wildman–Crippen MR) is 126 cm³/mol. The van der Waals surface area contributed by atoms with Gasteiger partial charge in [0.25, 0.3) is 0 Å². The number of aromatic nitrogens is 2. The van der Waals surface area contributed by atoms with E-state index in [1.807, 2.05) is 67.6 Å². The minimum Gasteiger partial charge on any atom is -0.461 e. The first kappa shape index (κ1) is 22.2. The van der Waals surface area contributed by atoms with Gasteiger partial charge in [-0.05, 0) is 37.6 Å². The molecule has 33 heavy (non-hydrogen) atoms. The fourth-order valence-corrected chi connectivity index (χ4v) is 4.11. The second kappa shape index (κ2) is 9.22. The molecule has 8 nitrogen and oxygen atoms in total. The largest absolute Gasteiger partial charge is 0.461 e. The summed E-state index contributed by atoms with van der Waals surface area (Å²) in [6, 6.07) is 18.8. The van der Waals surface area contributed by atoms with Crippen molar-refractivity contribution in [3.63, 3.8) is 0 Å². The van der Waals surface area contributed by atoms with Gasteiger partial charge in [0.2, 0.25) is 5.91 Å². The average Bonchev–Trinajstić information content (AvgIpc) is 3.26. The summed E-state index contributed by atoms with van der Waals surface area (Å²) < 4.78 is 6.80. The van der Waals surface area contributed by atoms with Gasteiger partial charge in [-0.15, -0.1) is 0 Å². The van der Waals surface area contributed by atoms with Crippen LogP contribution in [0.3, 0.4) is 0 Å². The van der Waals surface area contributed by atoms with Crippen molar-refractivity contribution >= 4 is 34.8 Å². The van der Waals surface area contributed by atoms with Gasteiger partial charge in [0, 0.05) is 17.4 Å². The number of nitrogens with zero attached hydrogens (tertiary/aromatic N) is 4. The summed E-state index contributed by atoms with van der Waals surface area (Å²) in [6.07, 6.45) is 0.820. The highest BCUT2D eigenvalue weighted by Gasteiger charge is 2.42. The lowest BCUT2D eigenvalue weighted by Crippen LogP contribution is -2.56. The van der Waals surface area contributed by atoms with E-state index < -0.39 is 24.0 Å². The molecule has 2 heterocycles. The van der Waals surface area contributed by atoms with Gasteiger partial charge in [-0.25, -0.2) is 9.48 Å². The van der Waals surface area contributed by atoms with E-state index in [1.54, 1.807) is 22.7 Å². The van der Waals surface area contributed by atoms with Crippen molar-refractivity contribution in [1.82, 2.24) is 15.1 Å². The lowest BCUT2D eigenvalue weighted by Gasteiger charge is -2.40. The summed E-state index contributed by atoms with van der Waals surface area (Å²) in [5, 5.41) is 16.9. The van der Waals surface area contributed by atoms with E-state index in [2.05, 4.69) is 10.4 Å². The molecule has 2 aromatic carbocycles. The molecule has 0 aliphatic carbocycles. The minimum atomic E-state index is -1.13. The van der Waals surface area contributed by atoms with Crippen LogP contribution in [0.2, 0.25) is 0 Å². The van der Waals surface area contributed by atoms with Crippen LogP contribution < -0.4 is 10.2 Å². The van der Waals surface area contributed by atoms with E-state index in [1.165, 1.54) is 0 Å². The number of nitriles is 1. The second-order valence-electron chi connectivity index (χ2n) is 7.40. The zero-order valence-electron chi connectivity index (χ0n) is 18.1. The Bertz CT molecular complexity index is 1260. The highest BCUT2D eigenvalue weighted by molar-refractivity contribution is 7.80. The molecule has 1 aliphatic heterocycles. The summed E-state index contributed by atoms with van der Waals surface area (Å²) in [5.41, 5.74) is 2.81. The lowest BCUT2D eigenvalue weighted by atomic mass is 10.0. The number of carbonyl (C=O) groups excluding carboxylic acids is 2. The van der Waals surface area contributed by atoms with Gasteiger partial charge in [-0.2, -0.15) is 10.4 Å². The fourth-order valence-electron chi connectivity index (χ4n) is 3.74. The number of aryl methyl sites for hydroxylation is 1. The number of nitrogens with one attached hydrogen (secondary N) is 1. The number of amides is 1. The second-order valence-corrected chi connectivity index (χ2v) is 7.82. The molecule has 9 heteroatoms. The molecule has 1 fully saturated rings. The van der Waals surface area contributed by atoms with Crippen LogP contribution in [0.25, 0.3) is 5.69 Å². The maximum atomic E-state index is 12.8. The van der Waals surface area contributed by atoms with Gasteiger partial charge in [-0.3, -0.25) is 4.79 Å². The van der Waals surface area contributed by atoms with Crippen molar-refractivity contribution in [2.24, 2.45) is 5.92 Å². The predicted octanol–water partition coefficient (Wildman–Crippen LogP) is 3.46. The lowest BCUT2D eigenvalue weighted by molar-refractivity contribution is -0.123. The number of ether oxygens (including phenoxy) is 1. The van der Waals surface area contributed by atoms with Crippen LogP contribution in [0.1, 0.15) is 34.7 Å².